The van der Waals surface area contributed by atoms with E-state index in [2.05, 4.69) is 24.9 Å². The molecular weight excluding hydrogens is 362 g/mol. The van der Waals surface area contributed by atoms with Crippen LogP contribution in [0.3, 0.4) is 0 Å². The molecule has 2 N–H and O–H groups in total. The van der Waals surface area contributed by atoms with Crippen molar-refractivity contribution in [2.24, 2.45) is 5.92 Å². The number of ether oxygens (including phenoxy) is 1. The van der Waals surface area contributed by atoms with Crippen LogP contribution >= 0.6 is 0 Å². The lowest BCUT2D eigenvalue weighted by atomic mass is 9.88. The van der Waals surface area contributed by atoms with Crippen LogP contribution in [0.1, 0.15) is 61.3 Å². The van der Waals surface area contributed by atoms with Gasteiger partial charge in [0.1, 0.15) is 17.3 Å². The Morgan fingerprint density at radius 2 is 2.03 bits per heavy atom. The Kier molecular flexibility index (Phi) is 5.35. The molecule has 4 heteroatoms. The van der Waals surface area contributed by atoms with Crippen molar-refractivity contribution >= 4 is 11.7 Å². The van der Waals surface area contributed by atoms with Crippen molar-refractivity contribution in [3.05, 3.63) is 53.1 Å². The number of aryl methyl sites for hydroxylation is 2. The van der Waals surface area contributed by atoms with Gasteiger partial charge in [0.2, 0.25) is 5.91 Å². The maximum Gasteiger partial charge on any atom is 0.223 e. The molecule has 1 aliphatic heterocycles. The van der Waals surface area contributed by atoms with E-state index in [1.54, 1.807) is 0 Å². The van der Waals surface area contributed by atoms with Gasteiger partial charge in [-0.25, -0.2) is 0 Å². The number of phenolic OH excluding ortho intramolecular Hbond substituents is 1. The number of fused-ring (bicyclic) bond motifs is 3. The molecule has 29 heavy (non-hydrogen) atoms. The van der Waals surface area contributed by atoms with E-state index in [9.17, 15) is 9.90 Å². The number of benzene rings is 2. The fourth-order valence-electron chi connectivity index (χ4n) is 4.02. The van der Waals surface area contributed by atoms with E-state index in [1.165, 1.54) is 0 Å². The standard InChI is InChI=1S/C25H29NO3/c1-4-5-6-7-18-13-22-23(20-12-15(2)8-11-19(20)16(3)29-22)24(27)21(18)14-26-25(28)17-9-10-17/h8,11-13,17,27H,3-7,9-10,14H2,1-2H3,(H,26,28). The lowest BCUT2D eigenvalue weighted by Gasteiger charge is -2.26. The van der Waals surface area contributed by atoms with E-state index >= 15 is 0 Å². The van der Waals surface area contributed by atoms with Crippen LogP contribution in [0.4, 0.5) is 0 Å². The van der Waals surface area contributed by atoms with E-state index in [4.69, 9.17) is 4.74 Å². The minimum absolute atomic E-state index is 0.0856. The quantitative estimate of drug-likeness (QED) is 0.614. The number of unbranched alkanes of at least 4 members (excludes halogenated alkanes) is 2. The molecule has 4 nitrogen and oxygen atoms in total. The number of phenols is 1. The van der Waals surface area contributed by atoms with E-state index in [0.717, 1.165) is 66.3 Å². The third kappa shape index (κ3) is 3.89. The van der Waals surface area contributed by atoms with E-state index in [1.807, 2.05) is 25.1 Å². The monoisotopic (exact) mass is 391 g/mol. The zero-order valence-corrected chi connectivity index (χ0v) is 17.3. The highest BCUT2D eigenvalue weighted by molar-refractivity contribution is 5.91. The van der Waals surface area contributed by atoms with Crippen LogP contribution in [0.15, 0.2) is 30.8 Å². The molecule has 0 unspecified atom stereocenters. The minimum Gasteiger partial charge on any atom is -0.507 e. The normalized spacial score (nSPS) is 14.8. The van der Waals surface area contributed by atoms with Gasteiger partial charge in [0, 0.05) is 29.2 Å². The summed E-state index contributed by atoms with van der Waals surface area (Å²) in [5.74, 6) is 1.69. The third-order valence-corrected chi connectivity index (χ3v) is 5.88. The molecule has 0 radical (unpaired) electrons. The first-order chi connectivity index (χ1) is 14.0. The fourth-order valence-corrected chi connectivity index (χ4v) is 4.02. The number of nitrogens with one attached hydrogen (secondary N) is 1. The highest BCUT2D eigenvalue weighted by Crippen LogP contribution is 2.49. The molecule has 0 spiro atoms. The van der Waals surface area contributed by atoms with Crippen LogP contribution in [0, 0.1) is 12.8 Å². The predicted molar refractivity (Wildman–Crippen MR) is 116 cm³/mol. The van der Waals surface area contributed by atoms with Gasteiger partial charge >= 0.3 is 0 Å². The molecule has 1 saturated carbocycles. The summed E-state index contributed by atoms with van der Waals surface area (Å²) in [4.78, 5) is 12.2. The number of carbonyl (C=O) groups is 1. The number of rotatable bonds is 7. The molecule has 1 aliphatic carbocycles. The Morgan fingerprint density at radius 3 is 2.76 bits per heavy atom. The molecule has 0 aromatic heterocycles. The molecule has 2 aromatic rings. The van der Waals surface area contributed by atoms with Gasteiger partial charge in [-0.05, 0) is 44.2 Å². The fraction of sp³-hybridized carbons (Fsp3) is 0.400. The van der Waals surface area contributed by atoms with Crippen LogP contribution < -0.4 is 10.1 Å². The number of hydrogen-bond donors (Lipinski definition) is 2. The Hall–Kier alpha value is -2.75. The molecule has 4 rings (SSSR count). The van der Waals surface area contributed by atoms with Gasteiger partial charge in [0.05, 0.1) is 5.56 Å². The number of hydrogen-bond acceptors (Lipinski definition) is 3. The number of aromatic hydroxyl groups is 1. The predicted octanol–water partition coefficient (Wildman–Crippen LogP) is 5.49. The van der Waals surface area contributed by atoms with Gasteiger partial charge in [0.25, 0.3) is 0 Å². The second-order valence-corrected chi connectivity index (χ2v) is 8.26. The van der Waals surface area contributed by atoms with Crippen molar-refractivity contribution in [3.8, 4) is 22.6 Å². The van der Waals surface area contributed by atoms with E-state index < -0.39 is 0 Å². The molecule has 2 aliphatic rings. The van der Waals surface area contributed by atoms with Crippen LogP contribution in [-0.2, 0) is 17.8 Å². The van der Waals surface area contributed by atoms with Crippen molar-refractivity contribution in [3.63, 3.8) is 0 Å². The summed E-state index contributed by atoms with van der Waals surface area (Å²) in [6, 6.07) is 8.09. The lowest BCUT2D eigenvalue weighted by molar-refractivity contribution is -0.122. The van der Waals surface area contributed by atoms with Crippen LogP contribution in [0.2, 0.25) is 0 Å². The SMILES string of the molecule is C=C1Oc2cc(CCCCC)c(CNC(=O)C3CC3)c(O)c2-c2cc(C)ccc21. The Morgan fingerprint density at radius 1 is 1.24 bits per heavy atom. The summed E-state index contributed by atoms with van der Waals surface area (Å²) in [6.07, 6.45) is 6.07. The van der Waals surface area contributed by atoms with Crippen molar-refractivity contribution in [1.82, 2.24) is 5.32 Å². The maximum atomic E-state index is 12.2. The first kappa shape index (κ1) is 19.6. The van der Waals surface area contributed by atoms with Crippen molar-refractivity contribution < 1.29 is 14.6 Å². The van der Waals surface area contributed by atoms with Gasteiger partial charge in [-0.3, -0.25) is 4.79 Å². The molecule has 2 aromatic carbocycles. The molecule has 0 atom stereocenters. The van der Waals surface area contributed by atoms with Crippen molar-refractivity contribution in [2.75, 3.05) is 0 Å². The highest BCUT2D eigenvalue weighted by atomic mass is 16.5. The molecule has 0 bridgehead atoms. The van der Waals surface area contributed by atoms with Crippen LogP contribution in [-0.4, -0.2) is 11.0 Å². The second kappa shape index (κ2) is 7.94. The molecule has 152 valence electrons. The third-order valence-electron chi connectivity index (χ3n) is 5.88. The zero-order chi connectivity index (χ0) is 20.5. The highest BCUT2D eigenvalue weighted by Gasteiger charge is 2.31. The lowest BCUT2D eigenvalue weighted by Crippen LogP contribution is -2.25. The molecule has 0 saturated heterocycles. The number of carbonyl (C=O) groups excluding carboxylic acids is 1. The minimum atomic E-state index is 0.0856. The van der Waals surface area contributed by atoms with Gasteiger partial charge in [-0.2, -0.15) is 0 Å². The molecular formula is C25H29NO3. The van der Waals surface area contributed by atoms with Crippen LogP contribution in [0.5, 0.6) is 11.5 Å². The number of amides is 1. The zero-order valence-electron chi connectivity index (χ0n) is 17.3. The van der Waals surface area contributed by atoms with Crippen molar-refractivity contribution in [1.29, 1.82) is 0 Å². The smallest absolute Gasteiger partial charge is 0.223 e. The summed E-state index contributed by atoms with van der Waals surface area (Å²) in [6.45, 7) is 8.62. The summed E-state index contributed by atoms with van der Waals surface area (Å²) in [5.41, 5.74) is 5.48. The van der Waals surface area contributed by atoms with E-state index in [-0.39, 0.29) is 17.6 Å². The second-order valence-electron chi connectivity index (χ2n) is 8.26. The summed E-state index contributed by atoms with van der Waals surface area (Å²) >= 11 is 0. The van der Waals surface area contributed by atoms with Crippen LogP contribution in [0.25, 0.3) is 16.9 Å². The van der Waals surface area contributed by atoms with Gasteiger partial charge in [-0.15, -0.1) is 0 Å². The molecule has 1 heterocycles. The van der Waals surface area contributed by atoms with Gasteiger partial charge in [-0.1, -0.05) is 50.1 Å². The molecule has 1 amide bonds. The average Bonchev–Trinajstić information content (AvgIpc) is 3.52. The Balaban J connectivity index is 1.77. The molecule has 1 fully saturated rings. The summed E-state index contributed by atoms with van der Waals surface area (Å²) < 4.78 is 6.01. The Labute approximate surface area is 172 Å². The topological polar surface area (TPSA) is 58.6 Å². The van der Waals surface area contributed by atoms with E-state index in [0.29, 0.717) is 23.6 Å². The van der Waals surface area contributed by atoms with Gasteiger partial charge < -0.3 is 15.2 Å². The average molecular weight is 392 g/mol. The Bertz CT molecular complexity index is 973. The first-order valence-electron chi connectivity index (χ1n) is 10.6. The maximum absolute atomic E-state index is 12.2. The van der Waals surface area contributed by atoms with Crippen molar-refractivity contribution in [2.45, 2.75) is 58.9 Å². The first-order valence-corrected chi connectivity index (χ1v) is 10.6. The summed E-state index contributed by atoms with van der Waals surface area (Å²) in [7, 11) is 0. The largest absolute Gasteiger partial charge is 0.507 e. The van der Waals surface area contributed by atoms with Gasteiger partial charge in [0.15, 0.2) is 0 Å². The summed E-state index contributed by atoms with van der Waals surface area (Å²) in [5, 5.41) is 14.3.